The summed E-state index contributed by atoms with van der Waals surface area (Å²) in [4.78, 5) is 0. The molecule has 0 spiro atoms. The average Bonchev–Trinajstić information content (AvgIpc) is 2.72. The van der Waals surface area contributed by atoms with Crippen LogP contribution in [0, 0.1) is 0 Å². The van der Waals surface area contributed by atoms with Crippen molar-refractivity contribution in [2.45, 2.75) is 39.0 Å². The van der Waals surface area contributed by atoms with Crippen LogP contribution in [0.15, 0.2) is 34.9 Å². The zero-order valence-electron chi connectivity index (χ0n) is 11.2. The van der Waals surface area contributed by atoms with Gasteiger partial charge in [-0.3, -0.25) is 0 Å². The normalized spacial score (nSPS) is 11.7. The maximum absolute atomic E-state index is 5.49. The van der Waals surface area contributed by atoms with Gasteiger partial charge in [0.25, 0.3) is 0 Å². The number of nitrogens with zero attached hydrogens (tertiary/aromatic N) is 1. The molecule has 0 aliphatic carbocycles. The lowest BCUT2D eigenvalue weighted by molar-refractivity contribution is 0.427. The molecule has 0 saturated carbocycles. The lowest BCUT2D eigenvalue weighted by Gasteiger charge is -2.19. The molecule has 1 heterocycles. The number of nitrogen functional groups attached to an aromatic ring is 1. The SMILES string of the molecule is CC(C)(C)c1ccc(CCc2cc(N)on2)cc1. The number of aromatic nitrogens is 1. The van der Waals surface area contributed by atoms with Crippen LogP contribution in [0.2, 0.25) is 0 Å². The van der Waals surface area contributed by atoms with E-state index in [0.717, 1.165) is 18.5 Å². The first-order chi connectivity index (χ1) is 8.45. The second-order valence-corrected chi connectivity index (χ2v) is 5.67. The molecule has 3 heteroatoms. The number of hydrogen-bond acceptors (Lipinski definition) is 3. The summed E-state index contributed by atoms with van der Waals surface area (Å²) in [6, 6.07) is 10.6. The molecule has 2 N–H and O–H groups in total. The number of aryl methyl sites for hydroxylation is 2. The van der Waals surface area contributed by atoms with Crippen molar-refractivity contribution in [1.82, 2.24) is 5.16 Å². The highest BCUT2D eigenvalue weighted by Crippen LogP contribution is 2.22. The maximum atomic E-state index is 5.49. The van der Waals surface area contributed by atoms with Gasteiger partial charge >= 0.3 is 0 Å². The predicted molar refractivity (Wildman–Crippen MR) is 73.5 cm³/mol. The van der Waals surface area contributed by atoms with Gasteiger partial charge in [-0.15, -0.1) is 0 Å². The minimum atomic E-state index is 0.207. The minimum Gasteiger partial charge on any atom is -0.368 e. The highest BCUT2D eigenvalue weighted by molar-refractivity contribution is 5.29. The van der Waals surface area contributed by atoms with Crippen molar-refractivity contribution in [3.05, 3.63) is 47.2 Å². The molecule has 3 nitrogen and oxygen atoms in total. The van der Waals surface area contributed by atoms with E-state index in [1.807, 2.05) is 0 Å². The van der Waals surface area contributed by atoms with Gasteiger partial charge in [-0.1, -0.05) is 50.2 Å². The van der Waals surface area contributed by atoms with Crippen molar-refractivity contribution < 1.29 is 4.52 Å². The van der Waals surface area contributed by atoms with E-state index in [0.29, 0.717) is 5.88 Å². The van der Waals surface area contributed by atoms with Crippen LogP contribution in [0.3, 0.4) is 0 Å². The predicted octanol–water partition coefficient (Wildman–Crippen LogP) is 3.34. The first kappa shape index (κ1) is 12.7. The third-order valence-corrected chi connectivity index (χ3v) is 3.07. The highest BCUT2D eigenvalue weighted by Gasteiger charge is 2.12. The summed E-state index contributed by atoms with van der Waals surface area (Å²) in [5.74, 6) is 0.382. The first-order valence-corrected chi connectivity index (χ1v) is 6.25. The second-order valence-electron chi connectivity index (χ2n) is 5.67. The van der Waals surface area contributed by atoms with Gasteiger partial charge in [0.2, 0.25) is 5.88 Å². The van der Waals surface area contributed by atoms with Crippen LogP contribution < -0.4 is 5.73 Å². The van der Waals surface area contributed by atoms with Crippen LogP contribution in [-0.2, 0) is 18.3 Å². The quantitative estimate of drug-likeness (QED) is 0.901. The Morgan fingerprint density at radius 3 is 2.28 bits per heavy atom. The largest absolute Gasteiger partial charge is 0.368 e. The number of rotatable bonds is 3. The van der Waals surface area contributed by atoms with Crippen molar-refractivity contribution >= 4 is 5.88 Å². The summed E-state index contributed by atoms with van der Waals surface area (Å²) >= 11 is 0. The third-order valence-electron chi connectivity index (χ3n) is 3.07. The molecular formula is C15H20N2O. The van der Waals surface area contributed by atoms with E-state index in [9.17, 15) is 0 Å². The Labute approximate surface area is 108 Å². The van der Waals surface area contributed by atoms with Gasteiger partial charge in [0.05, 0.1) is 5.69 Å². The molecule has 0 aliphatic rings. The van der Waals surface area contributed by atoms with E-state index in [1.165, 1.54) is 11.1 Å². The van der Waals surface area contributed by atoms with Crippen molar-refractivity contribution in [3.8, 4) is 0 Å². The van der Waals surface area contributed by atoms with Crippen molar-refractivity contribution in [2.75, 3.05) is 5.73 Å². The zero-order chi connectivity index (χ0) is 13.2. The molecule has 1 aromatic carbocycles. The monoisotopic (exact) mass is 244 g/mol. The Hall–Kier alpha value is -1.77. The molecule has 0 aliphatic heterocycles. The molecule has 18 heavy (non-hydrogen) atoms. The van der Waals surface area contributed by atoms with Gasteiger partial charge in [-0.25, -0.2) is 0 Å². The number of hydrogen-bond donors (Lipinski definition) is 1. The molecule has 0 amide bonds. The summed E-state index contributed by atoms with van der Waals surface area (Å²) in [7, 11) is 0. The van der Waals surface area contributed by atoms with Gasteiger partial charge in [0.1, 0.15) is 0 Å². The molecule has 2 rings (SSSR count). The maximum Gasteiger partial charge on any atom is 0.222 e. The fourth-order valence-electron chi connectivity index (χ4n) is 1.89. The van der Waals surface area contributed by atoms with E-state index in [2.05, 4.69) is 50.2 Å². The molecule has 0 fully saturated rings. The van der Waals surface area contributed by atoms with Crippen LogP contribution in [0.5, 0.6) is 0 Å². The van der Waals surface area contributed by atoms with Crippen molar-refractivity contribution in [1.29, 1.82) is 0 Å². The Morgan fingerprint density at radius 1 is 1.11 bits per heavy atom. The Kier molecular flexibility index (Phi) is 3.41. The van der Waals surface area contributed by atoms with Gasteiger partial charge in [0, 0.05) is 6.07 Å². The van der Waals surface area contributed by atoms with Crippen LogP contribution >= 0.6 is 0 Å². The number of anilines is 1. The Bertz CT molecular complexity index is 506. The molecule has 0 radical (unpaired) electrons. The Balaban J connectivity index is 1.98. The van der Waals surface area contributed by atoms with Gasteiger partial charge in [0.15, 0.2) is 0 Å². The topological polar surface area (TPSA) is 52.0 Å². The number of benzene rings is 1. The van der Waals surface area contributed by atoms with Crippen LogP contribution in [0.1, 0.15) is 37.6 Å². The Morgan fingerprint density at radius 2 is 1.78 bits per heavy atom. The summed E-state index contributed by atoms with van der Waals surface area (Å²) in [5.41, 5.74) is 9.27. The highest BCUT2D eigenvalue weighted by atomic mass is 16.5. The molecule has 0 saturated heterocycles. The molecule has 96 valence electrons. The third kappa shape index (κ3) is 3.13. The van der Waals surface area contributed by atoms with Gasteiger partial charge in [-0.05, 0) is 29.4 Å². The summed E-state index contributed by atoms with van der Waals surface area (Å²) in [5, 5.41) is 3.89. The number of nitrogens with two attached hydrogens (primary N) is 1. The summed E-state index contributed by atoms with van der Waals surface area (Å²) < 4.78 is 4.84. The lowest BCUT2D eigenvalue weighted by atomic mass is 9.86. The van der Waals surface area contributed by atoms with Gasteiger partial charge in [-0.2, -0.15) is 0 Å². The van der Waals surface area contributed by atoms with Crippen molar-refractivity contribution in [2.24, 2.45) is 0 Å². The van der Waals surface area contributed by atoms with E-state index >= 15 is 0 Å². The summed E-state index contributed by atoms with van der Waals surface area (Å²) in [6.45, 7) is 6.67. The second kappa shape index (κ2) is 4.84. The van der Waals surface area contributed by atoms with Crippen LogP contribution in [0.4, 0.5) is 5.88 Å². The molecule has 1 aromatic heterocycles. The standard InChI is InChI=1S/C15H20N2O/c1-15(2,3)12-7-4-11(5-8-12)6-9-13-10-14(16)18-17-13/h4-5,7-8,10H,6,9,16H2,1-3H3. The van der Waals surface area contributed by atoms with E-state index < -0.39 is 0 Å². The fourth-order valence-corrected chi connectivity index (χ4v) is 1.89. The van der Waals surface area contributed by atoms with Gasteiger partial charge < -0.3 is 10.3 Å². The average molecular weight is 244 g/mol. The molecular weight excluding hydrogens is 224 g/mol. The van der Waals surface area contributed by atoms with E-state index in [1.54, 1.807) is 6.07 Å². The van der Waals surface area contributed by atoms with Crippen molar-refractivity contribution in [3.63, 3.8) is 0 Å². The zero-order valence-corrected chi connectivity index (χ0v) is 11.2. The molecule has 0 bridgehead atoms. The molecule has 0 unspecified atom stereocenters. The smallest absolute Gasteiger partial charge is 0.222 e. The lowest BCUT2D eigenvalue weighted by Crippen LogP contribution is -2.10. The molecule has 0 atom stereocenters. The first-order valence-electron chi connectivity index (χ1n) is 6.25. The summed E-state index contributed by atoms with van der Waals surface area (Å²) in [6.07, 6.45) is 1.81. The van der Waals surface area contributed by atoms with Crippen LogP contribution in [-0.4, -0.2) is 5.16 Å². The van der Waals surface area contributed by atoms with E-state index in [4.69, 9.17) is 10.3 Å². The fraction of sp³-hybridized carbons (Fsp3) is 0.400. The van der Waals surface area contributed by atoms with Crippen LogP contribution in [0.25, 0.3) is 0 Å². The minimum absolute atomic E-state index is 0.207. The van der Waals surface area contributed by atoms with E-state index in [-0.39, 0.29) is 5.41 Å². The molecule has 2 aromatic rings.